The van der Waals surface area contributed by atoms with Gasteiger partial charge in [-0.05, 0) is 37.2 Å². The molecule has 0 bridgehead atoms. The topological polar surface area (TPSA) is 56.1 Å². The summed E-state index contributed by atoms with van der Waals surface area (Å²) in [6.45, 7) is 4.41. The fraction of sp³-hybridized carbons (Fsp3) is 0.474. The van der Waals surface area contributed by atoms with E-state index in [4.69, 9.17) is 5.26 Å². The van der Waals surface area contributed by atoms with Gasteiger partial charge in [0.05, 0.1) is 0 Å². The molecule has 1 aliphatic heterocycles. The number of rotatable bonds is 6. The number of carbonyl (C=O) groups is 1. The highest BCUT2D eigenvalue weighted by atomic mass is 16.1. The maximum atomic E-state index is 11.9. The summed E-state index contributed by atoms with van der Waals surface area (Å²) in [6.07, 6.45) is 5.90. The monoisotopic (exact) mass is 311 g/mol. The molecule has 1 N–H and O–H groups in total. The van der Waals surface area contributed by atoms with Gasteiger partial charge in [-0.15, -0.1) is 0 Å². The summed E-state index contributed by atoms with van der Waals surface area (Å²) in [4.78, 5) is 14.0. The number of hydrogen-bond acceptors (Lipinski definition) is 3. The minimum absolute atomic E-state index is 0.208. The lowest BCUT2D eigenvalue weighted by Gasteiger charge is -2.31. The number of hydrogen-bond donors (Lipinski definition) is 1. The molecule has 122 valence electrons. The van der Waals surface area contributed by atoms with E-state index in [0.29, 0.717) is 12.5 Å². The number of carbonyl (C=O) groups excluding carboxylic acids is 1. The molecule has 0 unspecified atom stereocenters. The van der Waals surface area contributed by atoms with Gasteiger partial charge in [0.15, 0.2) is 0 Å². The van der Waals surface area contributed by atoms with E-state index in [1.54, 1.807) is 6.20 Å². The van der Waals surface area contributed by atoms with Crippen LogP contribution in [0.15, 0.2) is 42.1 Å². The molecule has 1 fully saturated rings. The van der Waals surface area contributed by atoms with Crippen LogP contribution in [0, 0.1) is 17.2 Å². The van der Waals surface area contributed by atoms with Gasteiger partial charge in [0, 0.05) is 25.8 Å². The van der Waals surface area contributed by atoms with Crippen molar-refractivity contribution in [2.45, 2.75) is 32.6 Å². The summed E-state index contributed by atoms with van der Waals surface area (Å²) in [7, 11) is 0. The van der Waals surface area contributed by atoms with E-state index in [2.05, 4.69) is 34.5 Å². The van der Waals surface area contributed by atoms with E-state index >= 15 is 0 Å². The second kappa shape index (κ2) is 8.99. The van der Waals surface area contributed by atoms with Crippen LogP contribution in [0.1, 0.15) is 31.7 Å². The van der Waals surface area contributed by atoms with Crippen molar-refractivity contribution in [3.63, 3.8) is 0 Å². The molecular formula is C19H25N3O. The Bertz CT molecular complexity index is 566. The summed E-state index contributed by atoms with van der Waals surface area (Å²) in [5.41, 5.74) is 1.60. The van der Waals surface area contributed by atoms with Gasteiger partial charge in [0.1, 0.15) is 11.6 Å². The van der Waals surface area contributed by atoms with Crippen LogP contribution in [0.3, 0.4) is 0 Å². The second-order valence-electron chi connectivity index (χ2n) is 6.08. The molecule has 0 spiro atoms. The fourth-order valence-corrected chi connectivity index (χ4v) is 2.89. The van der Waals surface area contributed by atoms with Crippen LogP contribution >= 0.6 is 0 Å². The molecular weight excluding hydrogens is 286 g/mol. The Kier molecular flexibility index (Phi) is 6.68. The maximum Gasteiger partial charge on any atom is 0.263 e. The first kappa shape index (κ1) is 17.1. The first-order chi connectivity index (χ1) is 11.2. The zero-order valence-corrected chi connectivity index (χ0v) is 13.8. The van der Waals surface area contributed by atoms with Crippen molar-refractivity contribution >= 4 is 5.91 Å². The Morgan fingerprint density at radius 3 is 2.65 bits per heavy atom. The van der Waals surface area contributed by atoms with Crippen molar-refractivity contribution in [3.8, 4) is 6.07 Å². The molecule has 0 aliphatic carbocycles. The predicted molar refractivity (Wildman–Crippen MR) is 91.4 cm³/mol. The molecule has 0 aromatic heterocycles. The molecule has 0 saturated carbocycles. The van der Waals surface area contributed by atoms with Crippen molar-refractivity contribution in [3.05, 3.63) is 47.7 Å². The zero-order valence-electron chi connectivity index (χ0n) is 13.8. The van der Waals surface area contributed by atoms with Crippen LogP contribution in [-0.4, -0.2) is 30.4 Å². The summed E-state index contributed by atoms with van der Waals surface area (Å²) < 4.78 is 0. The fourth-order valence-electron chi connectivity index (χ4n) is 2.89. The average molecular weight is 311 g/mol. The van der Waals surface area contributed by atoms with Crippen LogP contribution in [0.5, 0.6) is 0 Å². The molecule has 0 radical (unpaired) electrons. The molecule has 1 heterocycles. The Morgan fingerprint density at radius 1 is 1.35 bits per heavy atom. The van der Waals surface area contributed by atoms with Gasteiger partial charge in [-0.3, -0.25) is 4.79 Å². The molecule has 2 rings (SSSR count). The van der Waals surface area contributed by atoms with E-state index < -0.39 is 0 Å². The Hall–Kier alpha value is -2.28. The zero-order chi connectivity index (χ0) is 16.5. The minimum atomic E-state index is -0.263. The van der Waals surface area contributed by atoms with Gasteiger partial charge in [0.25, 0.3) is 5.91 Å². The van der Waals surface area contributed by atoms with Gasteiger partial charge in [-0.1, -0.05) is 37.3 Å². The van der Waals surface area contributed by atoms with Gasteiger partial charge in [0.2, 0.25) is 0 Å². The van der Waals surface area contributed by atoms with Gasteiger partial charge in [-0.25, -0.2) is 0 Å². The molecule has 1 aliphatic rings. The lowest BCUT2D eigenvalue weighted by molar-refractivity contribution is -0.117. The smallest absolute Gasteiger partial charge is 0.263 e. The Labute approximate surface area is 138 Å². The van der Waals surface area contributed by atoms with Crippen LogP contribution in [-0.2, 0) is 11.2 Å². The number of nitrogens with one attached hydrogen (secondary N) is 1. The number of nitriles is 1. The van der Waals surface area contributed by atoms with Crippen molar-refractivity contribution < 1.29 is 4.79 Å². The van der Waals surface area contributed by atoms with E-state index in [-0.39, 0.29) is 11.5 Å². The highest BCUT2D eigenvalue weighted by Crippen LogP contribution is 2.22. The SMILES string of the molecule is CCCNC(=O)/C(C#N)=C\N1CCC(Cc2ccccc2)CC1. The van der Waals surface area contributed by atoms with Crippen LogP contribution in [0.2, 0.25) is 0 Å². The molecule has 23 heavy (non-hydrogen) atoms. The molecule has 4 heteroatoms. The molecule has 1 aromatic rings. The Morgan fingerprint density at radius 2 is 2.04 bits per heavy atom. The highest BCUT2D eigenvalue weighted by molar-refractivity contribution is 5.97. The number of piperidine rings is 1. The summed E-state index contributed by atoms with van der Waals surface area (Å²) in [5, 5.41) is 11.9. The molecule has 0 atom stereocenters. The highest BCUT2D eigenvalue weighted by Gasteiger charge is 2.19. The lowest BCUT2D eigenvalue weighted by Crippen LogP contribution is -2.32. The number of amides is 1. The van der Waals surface area contributed by atoms with Crippen LogP contribution in [0.25, 0.3) is 0 Å². The van der Waals surface area contributed by atoms with Gasteiger partial charge in [-0.2, -0.15) is 5.26 Å². The van der Waals surface area contributed by atoms with Crippen LogP contribution in [0.4, 0.5) is 0 Å². The number of likely N-dealkylation sites (tertiary alicyclic amines) is 1. The van der Waals surface area contributed by atoms with Crippen molar-refractivity contribution in [2.24, 2.45) is 5.92 Å². The normalized spacial score (nSPS) is 16.0. The molecule has 1 saturated heterocycles. The molecule has 4 nitrogen and oxygen atoms in total. The standard InChI is InChI=1S/C19H25N3O/c1-2-10-21-19(23)18(14-20)15-22-11-8-17(9-12-22)13-16-6-4-3-5-7-16/h3-7,15,17H,2,8-13H2,1H3,(H,21,23)/b18-15-. The Balaban J connectivity index is 1.84. The quantitative estimate of drug-likeness (QED) is 0.649. The largest absolute Gasteiger partial charge is 0.376 e. The third kappa shape index (κ3) is 5.45. The first-order valence-corrected chi connectivity index (χ1v) is 8.41. The van der Waals surface area contributed by atoms with E-state index in [0.717, 1.165) is 38.8 Å². The third-order valence-electron chi connectivity index (χ3n) is 4.23. The number of benzene rings is 1. The lowest BCUT2D eigenvalue weighted by atomic mass is 9.90. The minimum Gasteiger partial charge on any atom is -0.376 e. The van der Waals surface area contributed by atoms with Gasteiger partial charge < -0.3 is 10.2 Å². The molecule has 1 aromatic carbocycles. The average Bonchev–Trinajstić information content (AvgIpc) is 2.60. The maximum absolute atomic E-state index is 11.9. The van der Waals surface area contributed by atoms with E-state index in [1.807, 2.05) is 19.1 Å². The third-order valence-corrected chi connectivity index (χ3v) is 4.23. The summed E-state index contributed by atoms with van der Waals surface area (Å²) in [5.74, 6) is 0.419. The van der Waals surface area contributed by atoms with E-state index in [1.165, 1.54) is 5.56 Å². The first-order valence-electron chi connectivity index (χ1n) is 8.41. The van der Waals surface area contributed by atoms with Gasteiger partial charge >= 0.3 is 0 Å². The summed E-state index contributed by atoms with van der Waals surface area (Å²) in [6, 6.07) is 12.6. The van der Waals surface area contributed by atoms with Crippen LogP contribution < -0.4 is 5.32 Å². The predicted octanol–water partition coefficient (Wildman–Crippen LogP) is 2.87. The van der Waals surface area contributed by atoms with Crippen molar-refractivity contribution in [2.75, 3.05) is 19.6 Å². The number of nitrogens with zero attached hydrogens (tertiary/aromatic N) is 2. The summed E-state index contributed by atoms with van der Waals surface area (Å²) >= 11 is 0. The second-order valence-corrected chi connectivity index (χ2v) is 6.08. The van der Waals surface area contributed by atoms with E-state index in [9.17, 15) is 4.79 Å². The molecule has 1 amide bonds. The van der Waals surface area contributed by atoms with Crippen molar-refractivity contribution in [1.82, 2.24) is 10.2 Å². The van der Waals surface area contributed by atoms with Crippen molar-refractivity contribution in [1.29, 1.82) is 5.26 Å².